The summed E-state index contributed by atoms with van der Waals surface area (Å²) in [5.74, 6) is 3.38. The van der Waals surface area contributed by atoms with Crippen LogP contribution < -0.4 is 20.4 Å². The van der Waals surface area contributed by atoms with Gasteiger partial charge in [-0.15, -0.1) is 0 Å². The van der Waals surface area contributed by atoms with Gasteiger partial charge in [-0.25, -0.2) is 0 Å². The number of piperidine rings is 2. The molecule has 3 heterocycles. The molecular formula is C29H41ClN6S. The monoisotopic (exact) mass is 540 g/mol. The number of rotatable bonds is 6. The van der Waals surface area contributed by atoms with E-state index in [2.05, 4.69) is 52.5 Å². The molecule has 1 saturated carbocycles. The van der Waals surface area contributed by atoms with Crippen molar-refractivity contribution >= 4 is 46.5 Å². The molecular weight excluding hydrogens is 500 g/mol. The van der Waals surface area contributed by atoms with Crippen LogP contribution in [0.4, 0.5) is 17.6 Å². The summed E-state index contributed by atoms with van der Waals surface area (Å²) in [6.07, 6.45) is 10.9. The lowest BCUT2D eigenvalue weighted by Gasteiger charge is -2.36. The highest BCUT2D eigenvalue weighted by molar-refractivity contribution is 7.80. The zero-order valence-electron chi connectivity index (χ0n) is 22.3. The predicted molar refractivity (Wildman–Crippen MR) is 159 cm³/mol. The van der Waals surface area contributed by atoms with Gasteiger partial charge in [0.2, 0.25) is 5.95 Å². The Morgan fingerprint density at radius 2 is 1.68 bits per heavy atom. The SMILES string of the molecule is CC1CCN(c2cc(N3CCCC[C@H]3C)nc(NC(=S)NCC3(c4ccc(Cl)cc4)CCCC3)n2)CC1. The van der Waals surface area contributed by atoms with Crippen molar-refractivity contribution in [2.45, 2.75) is 83.1 Å². The number of benzene rings is 1. The van der Waals surface area contributed by atoms with Crippen LogP contribution in [-0.4, -0.2) is 47.3 Å². The van der Waals surface area contributed by atoms with E-state index in [-0.39, 0.29) is 5.41 Å². The van der Waals surface area contributed by atoms with E-state index in [0.29, 0.717) is 17.1 Å². The molecule has 0 bridgehead atoms. The number of hydrogen-bond acceptors (Lipinski definition) is 5. The minimum absolute atomic E-state index is 0.0813. The Bertz CT molecular complexity index is 1060. The van der Waals surface area contributed by atoms with E-state index in [1.807, 2.05) is 12.1 Å². The van der Waals surface area contributed by atoms with Crippen molar-refractivity contribution in [3.05, 3.63) is 40.9 Å². The number of hydrogen-bond donors (Lipinski definition) is 2. The summed E-state index contributed by atoms with van der Waals surface area (Å²) in [6, 6.07) is 11.0. The minimum atomic E-state index is 0.0813. The first-order chi connectivity index (χ1) is 17.9. The molecule has 1 aromatic heterocycles. The Labute approximate surface area is 232 Å². The largest absolute Gasteiger partial charge is 0.361 e. The number of nitrogens with one attached hydrogen (secondary N) is 2. The summed E-state index contributed by atoms with van der Waals surface area (Å²) in [5, 5.41) is 8.23. The van der Waals surface area contributed by atoms with E-state index in [4.69, 9.17) is 33.8 Å². The van der Waals surface area contributed by atoms with Gasteiger partial charge in [-0.3, -0.25) is 0 Å². The summed E-state index contributed by atoms with van der Waals surface area (Å²) in [5.41, 5.74) is 1.42. The molecule has 8 heteroatoms. The van der Waals surface area contributed by atoms with Crippen LogP contribution in [0.15, 0.2) is 30.3 Å². The van der Waals surface area contributed by atoms with Gasteiger partial charge in [0.1, 0.15) is 11.6 Å². The van der Waals surface area contributed by atoms with Crippen molar-refractivity contribution in [2.75, 3.05) is 41.3 Å². The van der Waals surface area contributed by atoms with E-state index in [0.717, 1.165) is 61.6 Å². The van der Waals surface area contributed by atoms with Gasteiger partial charge >= 0.3 is 0 Å². The Kier molecular flexibility index (Phi) is 8.40. The molecule has 0 radical (unpaired) electrons. The summed E-state index contributed by atoms with van der Waals surface area (Å²) in [6.45, 7) is 8.56. The summed E-state index contributed by atoms with van der Waals surface area (Å²) in [4.78, 5) is 14.8. The quantitative estimate of drug-likeness (QED) is 0.403. The van der Waals surface area contributed by atoms with E-state index in [9.17, 15) is 0 Å². The molecule has 0 amide bonds. The molecule has 3 aliphatic rings. The Morgan fingerprint density at radius 1 is 0.973 bits per heavy atom. The van der Waals surface area contributed by atoms with Crippen LogP contribution in [0.2, 0.25) is 5.02 Å². The van der Waals surface area contributed by atoms with Gasteiger partial charge in [0, 0.05) is 48.7 Å². The maximum Gasteiger partial charge on any atom is 0.232 e. The molecule has 6 nitrogen and oxygen atoms in total. The summed E-state index contributed by atoms with van der Waals surface area (Å²) >= 11 is 11.9. The van der Waals surface area contributed by atoms with Crippen molar-refractivity contribution in [1.82, 2.24) is 15.3 Å². The van der Waals surface area contributed by atoms with Crippen molar-refractivity contribution < 1.29 is 0 Å². The molecule has 2 aromatic rings. The molecule has 1 aliphatic carbocycles. The fraction of sp³-hybridized carbons (Fsp3) is 0.621. The summed E-state index contributed by atoms with van der Waals surface area (Å²) in [7, 11) is 0. The maximum absolute atomic E-state index is 6.17. The van der Waals surface area contributed by atoms with E-state index in [1.165, 1.54) is 50.5 Å². The second kappa shape index (κ2) is 11.7. The van der Waals surface area contributed by atoms with Crippen LogP contribution >= 0.6 is 23.8 Å². The third-order valence-corrected chi connectivity index (χ3v) is 9.23. The van der Waals surface area contributed by atoms with Crippen LogP contribution in [-0.2, 0) is 5.41 Å². The van der Waals surface area contributed by atoms with Gasteiger partial charge < -0.3 is 20.4 Å². The normalized spacial score (nSPS) is 22.2. The molecule has 37 heavy (non-hydrogen) atoms. The smallest absolute Gasteiger partial charge is 0.232 e. The number of thiocarbonyl (C=S) groups is 1. The van der Waals surface area contributed by atoms with Gasteiger partial charge in [-0.05, 0) is 87.7 Å². The molecule has 3 fully saturated rings. The first-order valence-corrected chi connectivity index (χ1v) is 14.9. The van der Waals surface area contributed by atoms with Gasteiger partial charge in [-0.2, -0.15) is 9.97 Å². The Morgan fingerprint density at radius 3 is 2.38 bits per heavy atom. The van der Waals surface area contributed by atoms with Gasteiger partial charge in [0.05, 0.1) is 0 Å². The van der Waals surface area contributed by atoms with Crippen LogP contribution in [0, 0.1) is 5.92 Å². The van der Waals surface area contributed by atoms with Crippen LogP contribution in [0.3, 0.4) is 0 Å². The average Bonchev–Trinajstić information content (AvgIpc) is 3.39. The molecule has 2 saturated heterocycles. The molecule has 1 atom stereocenters. The molecule has 2 aliphatic heterocycles. The van der Waals surface area contributed by atoms with Gasteiger partial charge in [0.25, 0.3) is 0 Å². The van der Waals surface area contributed by atoms with E-state index >= 15 is 0 Å². The fourth-order valence-electron chi connectivity index (χ4n) is 6.28. The second-order valence-electron chi connectivity index (χ2n) is 11.4. The first-order valence-electron chi connectivity index (χ1n) is 14.1. The molecule has 1 aromatic carbocycles. The van der Waals surface area contributed by atoms with E-state index < -0.39 is 0 Å². The molecule has 0 spiro atoms. The lowest BCUT2D eigenvalue weighted by molar-refractivity contribution is 0.435. The first kappa shape index (κ1) is 26.5. The van der Waals surface area contributed by atoms with Crippen LogP contribution in [0.1, 0.15) is 77.2 Å². The Hall–Kier alpha value is -2.12. The molecule has 2 N–H and O–H groups in total. The Balaban J connectivity index is 1.32. The number of halogens is 1. The lowest BCUT2D eigenvalue weighted by atomic mass is 9.79. The number of anilines is 3. The van der Waals surface area contributed by atoms with Gasteiger partial charge in [0.15, 0.2) is 5.11 Å². The zero-order chi connectivity index (χ0) is 25.8. The molecule has 200 valence electrons. The zero-order valence-corrected chi connectivity index (χ0v) is 23.9. The topological polar surface area (TPSA) is 56.3 Å². The van der Waals surface area contributed by atoms with Gasteiger partial charge in [-0.1, -0.05) is 43.5 Å². The molecule has 0 unspecified atom stereocenters. The standard InChI is InChI=1S/C29H41ClN6S/c1-21-12-17-35(18-13-21)25-19-26(36-16-6-3-7-22(36)2)33-27(32-25)34-28(37)31-20-29(14-4-5-15-29)23-8-10-24(30)11-9-23/h8-11,19,21-22H,3-7,12-18,20H2,1-2H3,(H2,31,32,33,34,37)/t22-/m1/s1. The third kappa shape index (κ3) is 6.31. The molecule has 5 rings (SSSR count). The van der Waals surface area contributed by atoms with Crippen molar-refractivity contribution in [1.29, 1.82) is 0 Å². The fourth-order valence-corrected chi connectivity index (χ4v) is 6.57. The second-order valence-corrected chi connectivity index (χ2v) is 12.3. The van der Waals surface area contributed by atoms with Crippen molar-refractivity contribution in [2.24, 2.45) is 5.92 Å². The maximum atomic E-state index is 6.17. The number of nitrogens with zero attached hydrogens (tertiary/aromatic N) is 4. The van der Waals surface area contributed by atoms with Crippen LogP contribution in [0.25, 0.3) is 0 Å². The third-order valence-electron chi connectivity index (χ3n) is 8.73. The summed E-state index contributed by atoms with van der Waals surface area (Å²) < 4.78 is 0. The van der Waals surface area contributed by atoms with Crippen molar-refractivity contribution in [3.8, 4) is 0 Å². The lowest BCUT2D eigenvalue weighted by Crippen LogP contribution is -2.41. The van der Waals surface area contributed by atoms with E-state index in [1.54, 1.807) is 0 Å². The van der Waals surface area contributed by atoms with Crippen LogP contribution in [0.5, 0.6) is 0 Å². The predicted octanol–water partition coefficient (Wildman–Crippen LogP) is 6.54. The minimum Gasteiger partial charge on any atom is -0.361 e. The average molecular weight is 541 g/mol. The highest BCUT2D eigenvalue weighted by Gasteiger charge is 2.35. The highest BCUT2D eigenvalue weighted by atomic mass is 35.5. The van der Waals surface area contributed by atoms with Crippen molar-refractivity contribution in [3.63, 3.8) is 0 Å². The number of aromatic nitrogens is 2. The highest BCUT2D eigenvalue weighted by Crippen LogP contribution is 2.41.